The minimum Gasteiger partial charge on any atom is -0.398 e. The fourth-order valence-corrected chi connectivity index (χ4v) is 2.37. The van der Waals surface area contributed by atoms with Crippen LogP contribution in [0.15, 0.2) is 30.6 Å². The van der Waals surface area contributed by atoms with Gasteiger partial charge in [-0.1, -0.05) is 13.8 Å². The molecule has 1 heterocycles. The van der Waals surface area contributed by atoms with Crippen molar-refractivity contribution in [2.24, 2.45) is 5.92 Å². The van der Waals surface area contributed by atoms with Crippen molar-refractivity contribution in [1.29, 1.82) is 0 Å². The third-order valence-electron chi connectivity index (χ3n) is 3.08. The van der Waals surface area contributed by atoms with Gasteiger partial charge in [0.15, 0.2) is 0 Å². The van der Waals surface area contributed by atoms with E-state index in [0.717, 1.165) is 28.6 Å². The lowest BCUT2D eigenvalue weighted by molar-refractivity contribution is 0.540. The average Bonchev–Trinajstić information content (AvgIpc) is 2.32. The van der Waals surface area contributed by atoms with Crippen molar-refractivity contribution in [3.05, 3.63) is 30.6 Å². The standard InChI is InChI=1S/C15H21N3/c1-10(2)8-11(3)18-15-5-4-14(16)13-9-17-7-6-12(13)15/h4-7,9-11,18H,8,16H2,1-3H3. The van der Waals surface area contributed by atoms with Gasteiger partial charge in [0.25, 0.3) is 0 Å². The smallest absolute Gasteiger partial charge is 0.0424 e. The molecule has 3 heteroatoms. The second kappa shape index (κ2) is 5.25. The van der Waals surface area contributed by atoms with E-state index in [0.29, 0.717) is 12.0 Å². The molecular formula is C15H21N3. The van der Waals surface area contributed by atoms with E-state index < -0.39 is 0 Å². The SMILES string of the molecule is CC(C)CC(C)Nc1ccc(N)c2cnccc12. The lowest BCUT2D eigenvalue weighted by Crippen LogP contribution is -2.17. The summed E-state index contributed by atoms with van der Waals surface area (Å²) in [6, 6.07) is 6.45. The molecule has 0 saturated carbocycles. The summed E-state index contributed by atoms with van der Waals surface area (Å²) in [5, 5.41) is 5.71. The van der Waals surface area contributed by atoms with Crippen molar-refractivity contribution in [3.8, 4) is 0 Å². The number of nitrogens with two attached hydrogens (primary N) is 1. The maximum atomic E-state index is 5.97. The number of hydrogen-bond donors (Lipinski definition) is 2. The average molecular weight is 243 g/mol. The largest absolute Gasteiger partial charge is 0.398 e. The van der Waals surface area contributed by atoms with E-state index in [1.54, 1.807) is 6.20 Å². The van der Waals surface area contributed by atoms with Gasteiger partial charge in [-0.15, -0.1) is 0 Å². The molecule has 0 aliphatic heterocycles. The first-order chi connectivity index (χ1) is 8.58. The van der Waals surface area contributed by atoms with Gasteiger partial charge in [0.2, 0.25) is 0 Å². The van der Waals surface area contributed by atoms with Crippen molar-refractivity contribution < 1.29 is 0 Å². The highest BCUT2D eigenvalue weighted by Crippen LogP contribution is 2.28. The van der Waals surface area contributed by atoms with Gasteiger partial charge in [0.1, 0.15) is 0 Å². The molecule has 0 aliphatic carbocycles. The van der Waals surface area contributed by atoms with Crippen LogP contribution < -0.4 is 11.1 Å². The zero-order chi connectivity index (χ0) is 13.1. The number of nitrogens with one attached hydrogen (secondary N) is 1. The minimum atomic E-state index is 0.449. The molecule has 18 heavy (non-hydrogen) atoms. The van der Waals surface area contributed by atoms with E-state index in [9.17, 15) is 0 Å². The number of rotatable bonds is 4. The summed E-state index contributed by atoms with van der Waals surface area (Å²) in [6.07, 6.45) is 4.78. The highest BCUT2D eigenvalue weighted by atomic mass is 14.9. The van der Waals surface area contributed by atoms with E-state index in [1.165, 1.54) is 0 Å². The summed E-state index contributed by atoms with van der Waals surface area (Å²) < 4.78 is 0. The molecule has 1 atom stereocenters. The molecule has 0 saturated heterocycles. The second-order valence-corrected chi connectivity index (χ2v) is 5.30. The van der Waals surface area contributed by atoms with Gasteiger partial charge in [-0.05, 0) is 37.5 Å². The Morgan fingerprint density at radius 2 is 1.94 bits per heavy atom. The topological polar surface area (TPSA) is 50.9 Å². The van der Waals surface area contributed by atoms with Crippen LogP contribution in [-0.4, -0.2) is 11.0 Å². The molecule has 0 spiro atoms. The summed E-state index contributed by atoms with van der Waals surface area (Å²) >= 11 is 0. The predicted molar refractivity (Wildman–Crippen MR) is 78.7 cm³/mol. The summed E-state index contributed by atoms with van der Waals surface area (Å²) in [5.41, 5.74) is 7.88. The molecule has 0 fully saturated rings. The number of benzene rings is 1. The number of hydrogen-bond acceptors (Lipinski definition) is 3. The Morgan fingerprint density at radius 1 is 1.17 bits per heavy atom. The van der Waals surface area contributed by atoms with E-state index in [-0.39, 0.29) is 0 Å². The zero-order valence-corrected chi connectivity index (χ0v) is 11.3. The lowest BCUT2D eigenvalue weighted by Gasteiger charge is -2.19. The highest BCUT2D eigenvalue weighted by Gasteiger charge is 2.08. The summed E-state index contributed by atoms with van der Waals surface area (Å²) in [6.45, 7) is 6.69. The maximum Gasteiger partial charge on any atom is 0.0424 e. The van der Waals surface area contributed by atoms with E-state index >= 15 is 0 Å². The number of fused-ring (bicyclic) bond motifs is 1. The molecule has 2 rings (SSSR count). The van der Waals surface area contributed by atoms with Crippen LogP contribution in [0, 0.1) is 5.92 Å². The van der Waals surface area contributed by atoms with Gasteiger partial charge >= 0.3 is 0 Å². The number of anilines is 2. The van der Waals surface area contributed by atoms with Crippen molar-refractivity contribution >= 4 is 22.1 Å². The monoisotopic (exact) mass is 243 g/mol. The number of pyridine rings is 1. The Hall–Kier alpha value is -1.77. The van der Waals surface area contributed by atoms with Gasteiger partial charge in [0, 0.05) is 40.6 Å². The first-order valence-electron chi connectivity index (χ1n) is 6.46. The van der Waals surface area contributed by atoms with E-state index in [2.05, 4.69) is 37.1 Å². The fraction of sp³-hybridized carbons (Fsp3) is 0.400. The van der Waals surface area contributed by atoms with E-state index in [1.807, 2.05) is 18.3 Å². The molecule has 0 aliphatic rings. The van der Waals surface area contributed by atoms with Crippen LogP contribution >= 0.6 is 0 Å². The number of nitrogens with zero attached hydrogens (tertiary/aromatic N) is 1. The quantitative estimate of drug-likeness (QED) is 0.806. The first-order valence-corrected chi connectivity index (χ1v) is 6.46. The van der Waals surface area contributed by atoms with Crippen molar-refractivity contribution in [2.75, 3.05) is 11.1 Å². The Balaban J connectivity index is 2.31. The molecule has 0 bridgehead atoms. The normalized spacial score (nSPS) is 12.9. The summed E-state index contributed by atoms with van der Waals surface area (Å²) in [4.78, 5) is 4.13. The van der Waals surface area contributed by atoms with Crippen LogP contribution in [0.1, 0.15) is 27.2 Å². The molecular weight excluding hydrogens is 222 g/mol. The highest BCUT2D eigenvalue weighted by molar-refractivity contribution is 6.00. The molecule has 1 aromatic heterocycles. The van der Waals surface area contributed by atoms with Crippen molar-refractivity contribution in [2.45, 2.75) is 33.2 Å². The number of nitrogen functional groups attached to an aromatic ring is 1. The van der Waals surface area contributed by atoms with E-state index in [4.69, 9.17) is 5.73 Å². The summed E-state index contributed by atoms with van der Waals surface area (Å²) in [7, 11) is 0. The Morgan fingerprint density at radius 3 is 2.67 bits per heavy atom. The molecule has 3 N–H and O–H groups in total. The molecule has 1 unspecified atom stereocenters. The fourth-order valence-electron chi connectivity index (χ4n) is 2.37. The van der Waals surface area contributed by atoms with Crippen molar-refractivity contribution in [1.82, 2.24) is 4.98 Å². The third-order valence-corrected chi connectivity index (χ3v) is 3.08. The molecule has 3 nitrogen and oxygen atoms in total. The minimum absolute atomic E-state index is 0.449. The molecule has 1 aromatic carbocycles. The van der Waals surface area contributed by atoms with Crippen LogP contribution in [0.3, 0.4) is 0 Å². The van der Waals surface area contributed by atoms with Crippen LogP contribution in [-0.2, 0) is 0 Å². The third kappa shape index (κ3) is 2.73. The first kappa shape index (κ1) is 12.7. The molecule has 0 radical (unpaired) electrons. The Labute approximate surface area is 108 Å². The predicted octanol–water partition coefficient (Wildman–Crippen LogP) is 3.66. The zero-order valence-electron chi connectivity index (χ0n) is 11.3. The van der Waals surface area contributed by atoms with Crippen LogP contribution in [0.4, 0.5) is 11.4 Å². The lowest BCUT2D eigenvalue weighted by atomic mass is 10.0. The van der Waals surface area contributed by atoms with Gasteiger partial charge in [0.05, 0.1) is 0 Å². The summed E-state index contributed by atoms with van der Waals surface area (Å²) in [5.74, 6) is 0.689. The maximum absolute atomic E-state index is 5.97. The Bertz CT molecular complexity index is 534. The van der Waals surface area contributed by atoms with Crippen LogP contribution in [0.25, 0.3) is 10.8 Å². The van der Waals surface area contributed by atoms with Gasteiger partial charge in [-0.2, -0.15) is 0 Å². The van der Waals surface area contributed by atoms with Crippen LogP contribution in [0.5, 0.6) is 0 Å². The van der Waals surface area contributed by atoms with Crippen molar-refractivity contribution in [3.63, 3.8) is 0 Å². The van der Waals surface area contributed by atoms with Gasteiger partial charge < -0.3 is 11.1 Å². The molecule has 96 valence electrons. The second-order valence-electron chi connectivity index (χ2n) is 5.30. The Kier molecular flexibility index (Phi) is 3.70. The van der Waals surface area contributed by atoms with Gasteiger partial charge in [-0.3, -0.25) is 4.98 Å². The van der Waals surface area contributed by atoms with Crippen LogP contribution in [0.2, 0.25) is 0 Å². The number of aromatic nitrogens is 1. The van der Waals surface area contributed by atoms with Gasteiger partial charge in [-0.25, -0.2) is 0 Å². The molecule has 0 amide bonds. The molecule has 2 aromatic rings.